The summed E-state index contributed by atoms with van der Waals surface area (Å²) in [6.45, 7) is 13.0. The van der Waals surface area contributed by atoms with E-state index in [1.807, 2.05) is 46.8 Å². The van der Waals surface area contributed by atoms with Gasteiger partial charge in [0.2, 0.25) is 5.91 Å². The fourth-order valence-electron chi connectivity index (χ4n) is 5.71. The number of carboxylic acid groups (broad SMARTS) is 2. The van der Waals surface area contributed by atoms with Crippen LogP contribution in [0, 0.1) is 12.8 Å². The summed E-state index contributed by atoms with van der Waals surface area (Å²) in [6.07, 6.45) is 7.32. The Morgan fingerprint density at radius 1 is 1.07 bits per heavy atom. The van der Waals surface area contributed by atoms with Crippen LogP contribution in [0.3, 0.4) is 0 Å². The fraction of sp³-hybridized carbons (Fsp3) is 0.344. The molecule has 1 saturated heterocycles. The van der Waals surface area contributed by atoms with Crippen LogP contribution in [0.2, 0.25) is 0 Å². The van der Waals surface area contributed by atoms with Gasteiger partial charge in [-0.1, -0.05) is 18.7 Å². The van der Waals surface area contributed by atoms with E-state index in [4.69, 9.17) is 4.99 Å². The third-order valence-corrected chi connectivity index (χ3v) is 8.23. The average Bonchev–Trinajstić information content (AvgIpc) is 3.56. The van der Waals surface area contributed by atoms with Crippen molar-refractivity contribution in [1.29, 1.82) is 0 Å². The van der Waals surface area contributed by atoms with Crippen molar-refractivity contribution in [3.8, 4) is 0 Å². The topological polar surface area (TPSA) is 161 Å². The monoisotopic (exact) mass is 572 g/mol. The number of nitrogens with one attached hydrogen (secondary N) is 3. The number of aliphatic carboxylic acids is 2. The average molecular weight is 573 g/mol. The zero-order valence-corrected chi connectivity index (χ0v) is 24.5. The largest absolute Gasteiger partial charge is 0.481 e. The molecule has 1 fully saturated rings. The van der Waals surface area contributed by atoms with Crippen LogP contribution in [-0.4, -0.2) is 50.7 Å². The molecule has 2 amide bonds. The number of nitrogens with zero attached hydrogens (tertiary/aromatic N) is 1. The first kappa shape index (κ1) is 30.2. The maximum atomic E-state index is 12.3. The van der Waals surface area contributed by atoms with Crippen molar-refractivity contribution in [3.63, 3.8) is 0 Å². The molecule has 0 aromatic carbocycles. The van der Waals surface area contributed by atoms with Crippen LogP contribution in [0.5, 0.6) is 0 Å². The number of rotatable bonds is 10. The summed E-state index contributed by atoms with van der Waals surface area (Å²) in [4.78, 5) is 56.1. The van der Waals surface area contributed by atoms with Crippen molar-refractivity contribution in [2.24, 2.45) is 10.9 Å². The van der Waals surface area contributed by atoms with E-state index in [0.29, 0.717) is 46.1 Å². The van der Waals surface area contributed by atoms with E-state index >= 15 is 0 Å². The van der Waals surface area contributed by atoms with E-state index in [0.717, 1.165) is 27.8 Å². The van der Waals surface area contributed by atoms with Gasteiger partial charge in [0, 0.05) is 41.2 Å². The Balaban J connectivity index is 1.79. The lowest BCUT2D eigenvalue weighted by Gasteiger charge is -2.13. The molecule has 0 saturated carbocycles. The number of hydrogen-bond acceptors (Lipinski definition) is 5. The number of aromatic nitrogens is 1. The summed E-state index contributed by atoms with van der Waals surface area (Å²) in [6, 6.07) is -0.286. The maximum Gasteiger partial charge on any atom is 0.307 e. The normalized spacial score (nSPS) is 23.4. The molecule has 2 atom stereocenters. The maximum absolute atomic E-state index is 12.3. The predicted octanol–water partition coefficient (Wildman–Crippen LogP) is 4.37. The minimum atomic E-state index is -1.00. The van der Waals surface area contributed by atoms with E-state index in [-0.39, 0.29) is 43.0 Å². The van der Waals surface area contributed by atoms with Crippen molar-refractivity contribution in [1.82, 2.24) is 15.6 Å². The zero-order valence-electron chi connectivity index (χ0n) is 24.5. The van der Waals surface area contributed by atoms with Gasteiger partial charge in [-0.3, -0.25) is 24.2 Å². The highest BCUT2D eigenvalue weighted by molar-refractivity contribution is 6.08. The predicted molar refractivity (Wildman–Crippen MR) is 160 cm³/mol. The molecule has 220 valence electrons. The van der Waals surface area contributed by atoms with Gasteiger partial charge < -0.3 is 25.8 Å². The minimum Gasteiger partial charge on any atom is -0.481 e. The SMILES string of the molecule is C=CC1=C(C)C(CC2=N/C(=C/c3[nH]c(/C=C4/NC(=O)C(C)/C4=C\C)c(C)c3CCC(=O)O)C(CC(=O)O)=C2C)NC1=O. The summed E-state index contributed by atoms with van der Waals surface area (Å²) in [5.74, 6) is -2.52. The van der Waals surface area contributed by atoms with Gasteiger partial charge in [-0.2, -0.15) is 0 Å². The lowest BCUT2D eigenvalue weighted by atomic mass is 9.96. The molecule has 0 bridgehead atoms. The minimum absolute atomic E-state index is 0.0945. The molecule has 10 heteroatoms. The van der Waals surface area contributed by atoms with Crippen molar-refractivity contribution in [2.45, 2.75) is 66.3 Å². The van der Waals surface area contributed by atoms with Crippen LogP contribution >= 0.6 is 0 Å². The Bertz CT molecular complexity index is 1590. The molecule has 10 nitrogen and oxygen atoms in total. The molecule has 5 N–H and O–H groups in total. The van der Waals surface area contributed by atoms with Crippen LogP contribution in [-0.2, 0) is 25.6 Å². The first-order chi connectivity index (χ1) is 19.9. The number of hydrogen-bond donors (Lipinski definition) is 5. The summed E-state index contributed by atoms with van der Waals surface area (Å²) >= 11 is 0. The van der Waals surface area contributed by atoms with Crippen LogP contribution in [0.4, 0.5) is 0 Å². The highest BCUT2D eigenvalue weighted by atomic mass is 16.4. The smallest absolute Gasteiger partial charge is 0.307 e. The number of carboxylic acids is 2. The molecule has 4 rings (SSSR count). The van der Waals surface area contributed by atoms with Gasteiger partial charge in [0.15, 0.2) is 0 Å². The quantitative estimate of drug-likeness (QED) is 0.280. The van der Waals surface area contributed by atoms with Crippen LogP contribution < -0.4 is 10.6 Å². The van der Waals surface area contributed by atoms with E-state index < -0.39 is 11.9 Å². The van der Waals surface area contributed by atoms with E-state index in [2.05, 4.69) is 22.2 Å². The molecule has 1 aromatic heterocycles. The molecule has 3 aliphatic heterocycles. The van der Waals surface area contributed by atoms with Crippen LogP contribution in [0.15, 0.2) is 63.0 Å². The Labute approximate surface area is 244 Å². The second-order valence-corrected chi connectivity index (χ2v) is 10.8. The van der Waals surface area contributed by atoms with Gasteiger partial charge >= 0.3 is 11.9 Å². The number of allylic oxidation sites excluding steroid dienone is 4. The first-order valence-corrected chi connectivity index (χ1v) is 13.8. The number of H-pyrrole nitrogens is 1. The third kappa shape index (κ3) is 5.83. The molecule has 4 heterocycles. The van der Waals surface area contributed by atoms with Gasteiger partial charge in [-0.15, -0.1) is 0 Å². The van der Waals surface area contributed by atoms with Gasteiger partial charge in [-0.05, 0) is 86.6 Å². The molecule has 1 aromatic rings. The number of aliphatic imine (C=N–C) groups is 1. The Morgan fingerprint density at radius 2 is 1.79 bits per heavy atom. The van der Waals surface area contributed by atoms with Crippen molar-refractivity contribution in [2.75, 3.05) is 0 Å². The Morgan fingerprint density at radius 3 is 2.38 bits per heavy atom. The van der Waals surface area contributed by atoms with Gasteiger partial charge in [0.05, 0.1) is 24.1 Å². The number of carbonyl (C=O) groups is 4. The molecular weight excluding hydrogens is 536 g/mol. The molecule has 0 radical (unpaired) electrons. The molecule has 0 aliphatic carbocycles. The van der Waals surface area contributed by atoms with Crippen molar-refractivity contribution < 1.29 is 29.4 Å². The highest BCUT2D eigenvalue weighted by Gasteiger charge is 2.32. The Kier molecular flexibility index (Phi) is 8.65. The second-order valence-electron chi connectivity index (χ2n) is 10.8. The van der Waals surface area contributed by atoms with Crippen molar-refractivity contribution in [3.05, 3.63) is 80.5 Å². The second kappa shape index (κ2) is 12.0. The summed E-state index contributed by atoms with van der Waals surface area (Å²) < 4.78 is 0. The third-order valence-electron chi connectivity index (χ3n) is 8.23. The number of carbonyl (C=O) groups excluding carboxylic acids is 2. The lowest BCUT2D eigenvalue weighted by molar-refractivity contribution is -0.137. The van der Waals surface area contributed by atoms with Gasteiger partial charge in [0.1, 0.15) is 0 Å². The van der Waals surface area contributed by atoms with Crippen molar-refractivity contribution >= 4 is 41.6 Å². The van der Waals surface area contributed by atoms with E-state index in [1.165, 1.54) is 6.08 Å². The summed E-state index contributed by atoms with van der Waals surface area (Å²) in [5.41, 5.74) is 8.27. The standard InChI is InChI=1S/C32H36N4O6/c1-7-19-18(6)31(41)36-26(19)13-24-16(4)21(9-10-29(37)38)27(33-24)14-28-22(11-30(39)40)17(5)23(34-28)12-25-15(3)20(8-2)32(42)35-25/h7-8,13-14,18,25,33H,2,9-12H2,1,3-6H3,(H,35,42)(H,36,41)(H,37,38)(H,39,40)/b19-7+,26-13+,28-14+. The lowest BCUT2D eigenvalue weighted by Crippen LogP contribution is -2.30. The molecule has 2 unspecified atom stereocenters. The van der Waals surface area contributed by atoms with Gasteiger partial charge in [-0.25, -0.2) is 0 Å². The van der Waals surface area contributed by atoms with Crippen LogP contribution in [0.25, 0.3) is 12.2 Å². The molecule has 42 heavy (non-hydrogen) atoms. The van der Waals surface area contributed by atoms with Gasteiger partial charge in [0.25, 0.3) is 5.91 Å². The zero-order chi connectivity index (χ0) is 30.9. The summed E-state index contributed by atoms with van der Waals surface area (Å²) in [7, 11) is 0. The van der Waals surface area contributed by atoms with E-state index in [9.17, 15) is 29.4 Å². The first-order valence-electron chi connectivity index (χ1n) is 13.8. The Hall–Kier alpha value is -4.73. The molecular formula is C32H36N4O6. The highest BCUT2D eigenvalue weighted by Crippen LogP contribution is 2.35. The molecule has 3 aliphatic rings. The van der Waals surface area contributed by atoms with E-state index in [1.54, 1.807) is 6.08 Å². The molecule has 0 spiro atoms. The fourth-order valence-corrected chi connectivity index (χ4v) is 5.71. The number of amides is 2. The number of aromatic amines is 1. The summed E-state index contributed by atoms with van der Waals surface area (Å²) in [5, 5.41) is 24.9. The van der Waals surface area contributed by atoms with Crippen LogP contribution in [0.1, 0.15) is 69.5 Å².